The number of unbranched alkanes of at least 4 members (excludes halogenated alkanes) is 20. The van der Waals surface area contributed by atoms with Crippen molar-refractivity contribution in [1.29, 1.82) is 0 Å². The summed E-state index contributed by atoms with van der Waals surface area (Å²) in [5, 5.41) is 0. The Morgan fingerprint density at radius 1 is 0.339 bits per heavy atom. The van der Waals surface area contributed by atoms with Crippen molar-refractivity contribution >= 4 is 17.9 Å². The molecule has 0 saturated heterocycles. The second-order valence-electron chi connectivity index (χ2n) is 16.0. The van der Waals surface area contributed by atoms with E-state index >= 15 is 0 Å². The largest absolute Gasteiger partial charge is 0.462 e. The van der Waals surface area contributed by atoms with Gasteiger partial charge in [0, 0.05) is 19.3 Å². The van der Waals surface area contributed by atoms with Gasteiger partial charge in [0.2, 0.25) is 0 Å². The van der Waals surface area contributed by atoms with Crippen molar-refractivity contribution in [2.24, 2.45) is 0 Å². The van der Waals surface area contributed by atoms with Gasteiger partial charge in [0.1, 0.15) is 13.2 Å². The van der Waals surface area contributed by atoms with Crippen LogP contribution in [0.15, 0.2) is 72.9 Å². The SMILES string of the molecule is CCCC/C=C\CCCCCCCC(=O)OC[C@@H](COC(=O)CC/C=C\C/C=C\C/C=C\C/C=C\C/C=C\CCCCC)OC(=O)CCCCCCCCCCCCC. The molecule has 0 unspecified atom stereocenters. The lowest BCUT2D eigenvalue weighted by Gasteiger charge is -2.18. The maximum absolute atomic E-state index is 12.7. The van der Waals surface area contributed by atoms with E-state index in [4.69, 9.17) is 14.2 Å². The molecule has 1 atom stereocenters. The quantitative estimate of drug-likeness (QED) is 0.0264. The lowest BCUT2D eigenvalue weighted by molar-refractivity contribution is -0.166. The van der Waals surface area contributed by atoms with Gasteiger partial charge in [-0.3, -0.25) is 14.4 Å². The summed E-state index contributed by atoms with van der Waals surface area (Å²) in [7, 11) is 0. The Morgan fingerprint density at radius 3 is 1.15 bits per heavy atom. The Balaban J connectivity index is 4.47. The van der Waals surface area contributed by atoms with Crippen LogP contribution in [0.1, 0.15) is 226 Å². The van der Waals surface area contributed by atoms with Gasteiger partial charge in [-0.15, -0.1) is 0 Å². The minimum atomic E-state index is -0.804. The summed E-state index contributed by atoms with van der Waals surface area (Å²) in [6.45, 7) is 6.48. The molecule has 0 fully saturated rings. The Bertz CT molecular complexity index is 1130. The van der Waals surface area contributed by atoms with Gasteiger partial charge >= 0.3 is 17.9 Å². The van der Waals surface area contributed by atoms with Gasteiger partial charge in [0.05, 0.1) is 0 Å². The van der Waals surface area contributed by atoms with Crippen LogP contribution in [0.2, 0.25) is 0 Å². The molecule has 0 spiro atoms. The molecule has 0 saturated carbocycles. The first-order valence-corrected chi connectivity index (χ1v) is 24.4. The second kappa shape index (κ2) is 47.5. The molecule has 0 aromatic rings. The molecule has 59 heavy (non-hydrogen) atoms. The number of esters is 3. The first-order chi connectivity index (χ1) is 29.0. The molecule has 0 aliphatic carbocycles. The van der Waals surface area contributed by atoms with Crippen molar-refractivity contribution in [1.82, 2.24) is 0 Å². The third kappa shape index (κ3) is 45.8. The van der Waals surface area contributed by atoms with Crippen LogP contribution in [-0.2, 0) is 28.6 Å². The molecule has 0 N–H and O–H groups in total. The number of ether oxygens (including phenoxy) is 3. The summed E-state index contributed by atoms with van der Waals surface area (Å²) in [5.74, 6) is -1.000. The fourth-order valence-electron chi connectivity index (χ4n) is 6.46. The smallest absolute Gasteiger partial charge is 0.306 e. The van der Waals surface area contributed by atoms with E-state index in [1.807, 2.05) is 6.08 Å². The monoisotopic (exact) mass is 823 g/mol. The van der Waals surface area contributed by atoms with E-state index < -0.39 is 6.10 Å². The molecule has 0 rings (SSSR count). The van der Waals surface area contributed by atoms with E-state index in [2.05, 4.69) is 87.6 Å². The van der Waals surface area contributed by atoms with E-state index in [1.165, 1.54) is 103 Å². The third-order valence-corrected chi connectivity index (χ3v) is 10.2. The van der Waals surface area contributed by atoms with Gasteiger partial charge < -0.3 is 14.2 Å². The highest BCUT2D eigenvalue weighted by Gasteiger charge is 2.19. The number of carbonyl (C=O) groups is 3. The van der Waals surface area contributed by atoms with Crippen molar-refractivity contribution < 1.29 is 28.6 Å². The van der Waals surface area contributed by atoms with Crippen LogP contribution in [-0.4, -0.2) is 37.2 Å². The molecule has 6 nitrogen and oxygen atoms in total. The topological polar surface area (TPSA) is 78.9 Å². The van der Waals surface area contributed by atoms with Crippen molar-refractivity contribution in [3.63, 3.8) is 0 Å². The maximum Gasteiger partial charge on any atom is 0.306 e. The van der Waals surface area contributed by atoms with Crippen LogP contribution in [0.3, 0.4) is 0 Å². The molecular weight excluding hydrogens is 733 g/mol. The molecule has 0 amide bonds. The van der Waals surface area contributed by atoms with Crippen LogP contribution in [0, 0.1) is 0 Å². The molecule has 0 aliphatic heterocycles. The summed E-state index contributed by atoms with van der Waals surface area (Å²) >= 11 is 0. The zero-order valence-corrected chi connectivity index (χ0v) is 38.5. The number of carbonyl (C=O) groups excluding carboxylic acids is 3. The van der Waals surface area contributed by atoms with Crippen LogP contribution < -0.4 is 0 Å². The predicted octanol–water partition coefficient (Wildman–Crippen LogP) is 15.9. The minimum Gasteiger partial charge on any atom is -0.462 e. The first-order valence-electron chi connectivity index (χ1n) is 24.4. The van der Waals surface area contributed by atoms with Crippen molar-refractivity contribution in [2.45, 2.75) is 232 Å². The Labute approximate surface area is 363 Å². The summed E-state index contributed by atoms with van der Waals surface area (Å²) in [5.41, 5.74) is 0. The fourth-order valence-corrected chi connectivity index (χ4v) is 6.46. The molecule has 0 aliphatic rings. The molecular formula is C53H90O6. The van der Waals surface area contributed by atoms with Gasteiger partial charge in [0.15, 0.2) is 6.10 Å². The number of rotatable bonds is 43. The van der Waals surface area contributed by atoms with Gasteiger partial charge in [-0.05, 0) is 77.0 Å². The summed E-state index contributed by atoms with van der Waals surface area (Å²) in [6, 6.07) is 0. The fraction of sp³-hybridized carbons (Fsp3) is 0.717. The van der Waals surface area contributed by atoms with E-state index in [1.54, 1.807) is 0 Å². The Morgan fingerprint density at radius 2 is 0.661 bits per heavy atom. The number of hydrogen-bond donors (Lipinski definition) is 0. The van der Waals surface area contributed by atoms with Gasteiger partial charge in [-0.2, -0.15) is 0 Å². The van der Waals surface area contributed by atoms with E-state index in [9.17, 15) is 14.4 Å². The number of allylic oxidation sites excluding steroid dienone is 12. The highest BCUT2D eigenvalue weighted by Crippen LogP contribution is 2.14. The van der Waals surface area contributed by atoms with Crippen molar-refractivity contribution in [2.75, 3.05) is 13.2 Å². The van der Waals surface area contributed by atoms with Crippen molar-refractivity contribution in [3.05, 3.63) is 72.9 Å². The van der Waals surface area contributed by atoms with Gasteiger partial charge in [-0.1, -0.05) is 203 Å². The normalized spacial score (nSPS) is 12.7. The van der Waals surface area contributed by atoms with E-state index in [0.717, 1.165) is 77.0 Å². The average molecular weight is 823 g/mol. The zero-order chi connectivity index (χ0) is 43.0. The Kier molecular flexibility index (Phi) is 45.0. The van der Waals surface area contributed by atoms with E-state index in [0.29, 0.717) is 19.3 Å². The zero-order valence-electron chi connectivity index (χ0n) is 38.5. The molecule has 0 aromatic carbocycles. The molecule has 0 heterocycles. The van der Waals surface area contributed by atoms with Crippen LogP contribution in [0.4, 0.5) is 0 Å². The first kappa shape index (κ1) is 55.9. The van der Waals surface area contributed by atoms with Gasteiger partial charge in [-0.25, -0.2) is 0 Å². The summed E-state index contributed by atoms with van der Waals surface area (Å²) in [6.07, 6.45) is 58.9. The third-order valence-electron chi connectivity index (χ3n) is 10.2. The molecule has 6 heteroatoms. The lowest BCUT2D eigenvalue weighted by atomic mass is 10.1. The van der Waals surface area contributed by atoms with Crippen LogP contribution in [0.25, 0.3) is 0 Å². The highest BCUT2D eigenvalue weighted by atomic mass is 16.6. The van der Waals surface area contributed by atoms with Crippen LogP contribution in [0.5, 0.6) is 0 Å². The van der Waals surface area contributed by atoms with Crippen molar-refractivity contribution in [3.8, 4) is 0 Å². The predicted molar refractivity (Wildman–Crippen MR) is 251 cm³/mol. The maximum atomic E-state index is 12.7. The van der Waals surface area contributed by atoms with Gasteiger partial charge in [0.25, 0.3) is 0 Å². The molecule has 0 radical (unpaired) electrons. The standard InChI is InChI=1S/C53H90O6/c1-4-7-10-13-16-19-22-23-24-25-26-27-28-29-32-34-37-40-43-46-52(55)58-49-50(59-53(56)47-44-41-38-35-31-21-18-15-12-9-6-3)48-57-51(54)45-42-39-36-33-30-20-17-14-11-8-5-2/h14,16-17,19,23-24,26-27,29,32,37,40,50H,4-13,15,18,20-22,25,28,30-31,33-36,38-39,41-49H2,1-3H3/b17-14-,19-16-,24-23-,27-26-,32-29-,40-37-/t50-/m0/s1. The summed E-state index contributed by atoms with van der Waals surface area (Å²) in [4.78, 5) is 37.8. The minimum absolute atomic E-state index is 0.102. The average Bonchev–Trinajstić information content (AvgIpc) is 3.23. The highest BCUT2D eigenvalue weighted by molar-refractivity contribution is 5.71. The second-order valence-corrected chi connectivity index (χ2v) is 16.0. The molecule has 0 aromatic heterocycles. The van der Waals surface area contributed by atoms with E-state index in [-0.39, 0.29) is 37.5 Å². The lowest BCUT2D eigenvalue weighted by Crippen LogP contribution is -2.30. The summed E-state index contributed by atoms with van der Waals surface area (Å²) < 4.78 is 16.7. The number of hydrogen-bond acceptors (Lipinski definition) is 6. The Hall–Kier alpha value is -3.15. The molecule has 0 bridgehead atoms. The molecule has 338 valence electrons. The van der Waals surface area contributed by atoms with Crippen LogP contribution >= 0.6 is 0 Å².